The highest BCUT2D eigenvalue weighted by Crippen LogP contribution is 2.37. The normalized spacial score (nSPS) is 19.6. The van der Waals surface area contributed by atoms with Gasteiger partial charge in [-0.25, -0.2) is 4.36 Å². The summed E-state index contributed by atoms with van der Waals surface area (Å²) in [7, 11) is 0.0822. The van der Waals surface area contributed by atoms with Gasteiger partial charge >= 0.3 is 0 Å². The lowest BCUT2D eigenvalue weighted by molar-refractivity contribution is 0.911. The molecule has 3 N–H and O–H groups in total. The maximum Gasteiger partial charge on any atom is 0.0786 e. The van der Waals surface area contributed by atoms with Crippen molar-refractivity contribution in [2.24, 2.45) is 10.1 Å². The zero-order valence-corrected chi connectivity index (χ0v) is 14.8. The molecule has 1 aliphatic heterocycles. The van der Waals surface area contributed by atoms with E-state index < -0.39 is 0 Å². The molecule has 1 aromatic rings. The van der Waals surface area contributed by atoms with Crippen LogP contribution in [0.25, 0.3) is 0 Å². The van der Waals surface area contributed by atoms with Gasteiger partial charge in [-0.1, -0.05) is 26.5 Å². The van der Waals surface area contributed by atoms with Crippen molar-refractivity contribution in [1.29, 1.82) is 0 Å². The smallest absolute Gasteiger partial charge is 0.0786 e. The molecule has 1 fully saturated rings. The van der Waals surface area contributed by atoms with Gasteiger partial charge in [-0.3, -0.25) is 4.72 Å². The minimum absolute atomic E-state index is 0.0822. The first-order chi connectivity index (χ1) is 10.7. The highest BCUT2D eigenvalue weighted by molar-refractivity contribution is 7.85. The zero-order chi connectivity index (χ0) is 15.9. The lowest BCUT2D eigenvalue weighted by atomic mass is 9.94. The summed E-state index contributed by atoms with van der Waals surface area (Å²) in [5, 5.41) is 0. The second kappa shape index (κ2) is 8.49. The van der Waals surface area contributed by atoms with Crippen LogP contribution in [-0.2, 0) is 36.6 Å². The summed E-state index contributed by atoms with van der Waals surface area (Å²) in [6.45, 7) is 8.83. The summed E-state index contributed by atoms with van der Waals surface area (Å²) >= 11 is 0. The molecule has 1 atom stereocenters. The van der Waals surface area contributed by atoms with E-state index in [9.17, 15) is 0 Å². The van der Waals surface area contributed by atoms with E-state index in [4.69, 9.17) is 4.36 Å². The number of benzene rings is 1. The van der Waals surface area contributed by atoms with Crippen LogP contribution in [0.3, 0.4) is 0 Å². The summed E-state index contributed by atoms with van der Waals surface area (Å²) in [4.78, 5) is 0. The lowest BCUT2D eigenvalue weighted by Crippen LogP contribution is -2.08. The van der Waals surface area contributed by atoms with Crippen LogP contribution < -0.4 is 10.5 Å². The molecular weight excluding hydrogens is 290 g/mol. The summed E-state index contributed by atoms with van der Waals surface area (Å²) < 4.78 is 8.67. The molecule has 0 radical (unpaired) electrons. The van der Waals surface area contributed by atoms with Crippen LogP contribution in [0.4, 0.5) is 5.69 Å². The van der Waals surface area contributed by atoms with Crippen molar-refractivity contribution in [3.8, 4) is 0 Å². The van der Waals surface area contributed by atoms with Gasteiger partial charge < -0.3 is 5.73 Å². The Morgan fingerprint density at radius 3 is 2.68 bits per heavy atom. The van der Waals surface area contributed by atoms with Crippen molar-refractivity contribution >= 4 is 16.6 Å². The Kier molecular flexibility index (Phi) is 6.65. The molecule has 122 valence electrons. The average Bonchev–Trinajstić information content (AvgIpc) is 3.18. The molecule has 2 aliphatic rings. The SMILES string of the molecule is C=CN.CCc1cc2c(c(N=S3CCCN3)c1CC)CCC2. The summed E-state index contributed by atoms with van der Waals surface area (Å²) in [5.74, 6) is 1.23. The molecule has 1 unspecified atom stereocenters. The topological polar surface area (TPSA) is 50.4 Å². The van der Waals surface area contributed by atoms with Gasteiger partial charge in [0.1, 0.15) is 0 Å². The van der Waals surface area contributed by atoms with Crippen molar-refractivity contribution in [2.75, 3.05) is 12.3 Å². The predicted octanol–water partition coefficient (Wildman–Crippen LogP) is 3.73. The van der Waals surface area contributed by atoms with Crippen molar-refractivity contribution in [3.05, 3.63) is 41.1 Å². The Morgan fingerprint density at radius 2 is 2.09 bits per heavy atom. The van der Waals surface area contributed by atoms with Crippen molar-refractivity contribution in [2.45, 2.75) is 52.4 Å². The van der Waals surface area contributed by atoms with Gasteiger partial charge in [0.15, 0.2) is 0 Å². The van der Waals surface area contributed by atoms with Gasteiger partial charge in [0.2, 0.25) is 0 Å². The minimum Gasteiger partial charge on any atom is -0.405 e. The molecule has 22 heavy (non-hydrogen) atoms. The fourth-order valence-electron chi connectivity index (χ4n) is 3.31. The number of nitrogens with one attached hydrogen (secondary N) is 1. The summed E-state index contributed by atoms with van der Waals surface area (Å²) in [5.41, 5.74) is 12.2. The van der Waals surface area contributed by atoms with Gasteiger partial charge in [-0.05, 0) is 77.9 Å². The number of hydrogen-bond donors (Lipinski definition) is 2. The molecule has 0 saturated carbocycles. The monoisotopic (exact) mass is 319 g/mol. The number of fused-ring (bicyclic) bond motifs is 1. The Labute approximate surface area is 137 Å². The fraction of sp³-hybridized carbons (Fsp3) is 0.556. The van der Waals surface area contributed by atoms with Gasteiger partial charge in [0, 0.05) is 12.3 Å². The van der Waals surface area contributed by atoms with Crippen molar-refractivity contribution in [1.82, 2.24) is 4.72 Å². The van der Waals surface area contributed by atoms with Crippen LogP contribution in [0.2, 0.25) is 0 Å². The molecular formula is C18H29N3S. The van der Waals surface area contributed by atoms with E-state index in [1.165, 1.54) is 54.5 Å². The molecule has 0 bridgehead atoms. The van der Waals surface area contributed by atoms with Gasteiger partial charge in [0.05, 0.1) is 5.69 Å². The second-order valence-corrected chi connectivity index (χ2v) is 7.31. The first kappa shape index (κ1) is 17.2. The van der Waals surface area contributed by atoms with E-state index in [1.54, 1.807) is 11.1 Å². The molecule has 1 saturated heterocycles. The summed E-state index contributed by atoms with van der Waals surface area (Å²) in [6.07, 6.45) is 8.60. The highest BCUT2D eigenvalue weighted by Gasteiger charge is 2.20. The third kappa shape index (κ3) is 3.79. The van der Waals surface area contributed by atoms with E-state index in [1.807, 2.05) is 0 Å². The number of hydrogen-bond acceptors (Lipinski definition) is 2. The van der Waals surface area contributed by atoms with Crippen LogP contribution >= 0.6 is 0 Å². The first-order valence-electron chi connectivity index (χ1n) is 8.40. The largest absolute Gasteiger partial charge is 0.405 e. The van der Waals surface area contributed by atoms with Crippen LogP contribution in [0, 0.1) is 0 Å². The molecule has 3 rings (SSSR count). The van der Waals surface area contributed by atoms with Crippen molar-refractivity contribution < 1.29 is 0 Å². The van der Waals surface area contributed by atoms with E-state index in [-0.39, 0.29) is 10.9 Å². The van der Waals surface area contributed by atoms with E-state index in [0.29, 0.717) is 0 Å². The van der Waals surface area contributed by atoms with Crippen LogP contribution in [0.5, 0.6) is 0 Å². The Hall–Kier alpha value is -1.13. The molecule has 0 spiro atoms. The summed E-state index contributed by atoms with van der Waals surface area (Å²) in [6, 6.07) is 2.46. The Morgan fingerprint density at radius 1 is 1.32 bits per heavy atom. The molecule has 0 aromatic heterocycles. The number of nitrogens with zero attached hydrogens (tertiary/aromatic N) is 1. The molecule has 0 amide bonds. The van der Waals surface area contributed by atoms with Gasteiger partial charge in [-0.2, -0.15) is 0 Å². The predicted molar refractivity (Wildman–Crippen MR) is 98.5 cm³/mol. The molecule has 4 heteroatoms. The Bertz CT molecular complexity index is 556. The van der Waals surface area contributed by atoms with Gasteiger partial charge in [0.25, 0.3) is 0 Å². The number of nitrogens with two attached hydrogens (primary N) is 1. The molecule has 1 aliphatic carbocycles. The van der Waals surface area contributed by atoms with Crippen molar-refractivity contribution in [3.63, 3.8) is 0 Å². The average molecular weight is 320 g/mol. The maximum atomic E-state index is 5.13. The van der Waals surface area contributed by atoms with E-state index >= 15 is 0 Å². The number of aryl methyl sites for hydroxylation is 2. The van der Waals surface area contributed by atoms with Gasteiger partial charge in [-0.15, -0.1) is 0 Å². The van der Waals surface area contributed by atoms with E-state index in [2.05, 4.69) is 36.9 Å². The third-order valence-electron chi connectivity index (χ3n) is 4.29. The highest BCUT2D eigenvalue weighted by atomic mass is 32.2. The zero-order valence-electron chi connectivity index (χ0n) is 14.0. The minimum atomic E-state index is 0.0822. The van der Waals surface area contributed by atoms with Crippen LogP contribution in [0.1, 0.15) is 48.9 Å². The second-order valence-electron chi connectivity index (χ2n) is 5.70. The maximum absolute atomic E-state index is 5.13. The number of rotatable bonds is 3. The first-order valence-corrected chi connectivity index (χ1v) is 9.75. The quantitative estimate of drug-likeness (QED) is 0.892. The molecule has 3 nitrogen and oxygen atoms in total. The van der Waals surface area contributed by atoms with Crippen LogP contribution in [-0.4, -0.2) is 12.3 Å². The molecule has 1 heterocycles. The Balaban J connectivity index is 0.000000545. The van der Waals surface area contributed by atoms with Crippen LogP contribution in [0.15, 0.2) is 23.2 Å². The fourth-order valence-corrected chi connectivity index (χ4v) is 4.85. The lowest BCUT2D eigenvalue weighted by Gasteiger charge is -2.15. The standard InChI is InChI=1S/C16H24N2S.C2H5N/c1-3-12-11-13-7-5-8-15(13)16(14(12)4-2)18-19-10-6-9-17-19;1-2-3/h11H,3-10H2,1-2H3,(H,17,18);2H,1,3H2. The van der Waals surface area contributed by atoms with E-state index in [0.717, 1.165) is 19.4 Å². The molecule has 1 aromatic carbocycles. The third-order valence-corrected chi connectivity index (χ3v) is 5.90.